The van der Waals surface area contributed by atoms with Crippen LogP contribution in [0.15, 0.2) is 30.3 Å². The molecule has 2 aromatic carbocycles. The zero-order chi connectivity index (χ0) is 24.5. The van der Waals surface area contributed by atoms with Gasteiger partial charge < -0.3 is 20.5 Å². The molecule has 0 radical (unpaired) electrons. The summed E-state index contributed by atoms with van der Waals surface area (Å²) >= 11 is 0. The summed E-state index contributed by atoms with van der Waals surface area (Å²) in [5.74, 6) is 1.76. The van der Waals surface area contributed by atoms with Gasteiger partial charge in [-0.05, 0) is 49.7 Å². The molecule has 10 heteroatoms. The van der Waals surface area contributed by atoms with Gasteiger partial charge in [0, 0.05) is 36.3 Å². The summed E-state index contributed by atoms with van der Waals surface area (Å²) in [6.07, 6.45) is -4.48. The van der Waals surface area contributed by atoms with Gasteiger partial charge in [0.1, 0.15) is 17.4 Å². The molecule has 0 spiro atoms. The van der Waals surface area contributed by atoms with Gasteiger partial charge in [-0.1, -0.05) is 0 Å². The van der Waals surface area contributed by atoms with Crippen molar-refractivity contribution in [1.82, 2.24) is 14.9 Å². The molecular weight excluding hydrogens is 447 g/mol. The summed E-state index contributed by atoms with van der Waals surface area (Å²) in [7, 11) is 1.61. The highest BCUT2D eigenvalue weighted by molar-refractivity contribution is 5.91. The number of nitrogens with one attached hydrogen (secondary N) is 1. The average molecular weight is 476 g/mol. The molecule has 3 aromatic rings. The van der Waals surface area contributed by atoms with E-state index in [9.17, 15) is 13.2 Å². The van der Waals surface area contributed by atoms with Crippen LogP contribution in [0.25, 0.3) is 10.9 Å². The summed E-state index contributed by atoms with van der Waals surface area (Å²) in [6, 6.07) is 6.94. The van der Waals surface area contributed by atoms with Gasteiger partial charge in [-0.2, -0.15) is 13.2 Å². The van der Waals surface area contributed by atoms with Crippen LogP contribution in [-0.2, 0) is 17.5 Å². The predicted molar refractivity (Wildman–Crippen MR) is 125 cm³/mol. The molecule has 182 valence electrons. The lowest BCUT2D eigenvalue weighted by molar-refractivity contribution is -0.137. The van der Waals surface area contributed by atoms with E-state index >= 15 is 0 Å². The van der Waals surface area contributed by atoms with E-state index in [1.165, 1.54) is 6.07 Å². The number of hydrogen-bond acceptors (Lipinski definition) is 7. The third-order valence-electron chi connectivity index (χ3n) is 5.87. The molecule has 0 bridgehead atoms. The summed E-state index contributed by atoms with van der Waals surface area (Å²) in [5.41, 5.74) is 7.16. The van der Waals surface area contributed by atoms with Crippen LogP contribution in [-0.4, -0.2) is 48.3 Å². The Bertz CT molecular complexity index is 1180. The number of anilines is 2. The van der Waals surface area contributed by atoms with Crippen LogP contribution in [0.5, 0.6) is 5.75 Å². The molecule has 4 rings (SSSR count). The Hall–Kier alpha value is -3.11. The summed E-state index contributed by atoms with van der Waals surface area (Å²) in [5, 5.41) is 3.97. The molecule has 0 aliphatic carbocycles. The minimum absolute atomic E-state index is 0.0524. The predicted octanol–water partition coefficient (Wildman–Crippen LogP) is 4.55. The molecule has 1 aliphatic rings. The first-order valence-electron chi connectivity index (χ1n) is 11.0. The molecule has 1 saturated heterocycles. The van der Waals surface area contributed by atoms with Crippen molar-refractivity contribution in [2.75, 3.05) is 44.5 Å². The summed E-state index contributed by atoms with van der Waals surface area (Å²) in [6.45, 7) is 7.33. The maximum absolute atomic E-state index is 13.3. The zero-order valence-corrected chi connectivity index (χ0v) is 19.4. The first kappa shape index (κ1) is 24.0. The summed E-state index contributed by atoms with van der Waals surface area (Å²) in [4.78, 5) is 11.4. The van der Waals surface area contributed by atoms with Crippen LogP contribution in [0.4, 0.5) is 24.7 Å². The highest BCUT2D eigenvalue weighted by Crippen LogP contribution is 2.35. The molecular formula is C24H28F3N5O2. The van der Waals surface area contributed by atoms with E-state index in [-0.39, 0.29) is 5.69 Å². The maximum atomic E-state index is 13.3. The number of rotatable bonds is 6. The Morgan fingerprint density at radius 2 is 1.88 bits per heavy atom. The number of hydrogen-bond donors (Lipinski definition) is 2. The number of alkyl halides is 3. The molecule has 1 aliphatic heterocycles. The normalized spacial score (nSPS) is 15.9. The molecule has 0 amide bonds. The van der Waals surface area contributed by atoms with Crippen molar-refractivity contribution in [3.05, 3.63) is 52.8 Å². The highest BCUT2D eigenvalue weighted by Gasteiger charge is 2.31. The van der Waals surface area contributed by atoms with Crippen LogP contribution in [0.3, 0.4) is 0 Å². The molecule has 0 unspecified atom stereocenters. The van der Waals surface area contributed by atoms with Crippen LogP contribution in [0.1, 0.15) is 35.5 Å². The van der Waals surface area contributed by atoms with Gasteiger partial charge in [0.25, 0.3) is 0 Å². The standard InChI is InChI=1S/C24H28F3N5O2/c1-14(16-8-18(24(25,26)27)11-19(28)9-16)29-23-20-12-22(33-3)17(10-21(20)30-15(2)31-23)13-32-4-6-34-7-5-32/h8-12,14H,4-7,13,28H2,1-3H3,(H,29,30,31)/t14-/m1/s1. The average Bonchev–Trinajstić information content (AvgIpc) is 2.78. The van der Waals surface area contributed by atoms with Crippen molar-refractivity contribution in [3.8, 4) is 5.75 Å². The Balaban J connectivity index is 1.68. The number of aryl methyl sites for hydroxylation is 1. The van der Waals surface area contributed by atoms with Crippen LogP contribution in [0.2, 0.25) is 0 Å². The number of benzene rings is 2. The van der Waals surface area contributed by atoms with Crippen molar-refractivity contribution in [2.24, 2.45) is 0 Å². The smallest absolute Gasteiger partial charge is 0.416 e. The number of aromatic nitrogens is 2. The number of halogens is 3. The fourth-order valence-corrected chi connectivity index (χ4v) is 4.12. The van der Waals surface area contributed by atoms with E-state index in [1.807, 2.05) is 12.1 Å². The fraction of sp³-hybridized carbons (Fsp3) is 0.417. The van der Waals surface area contributed by atoms with Crippen molar-refractivity contribution < 1.29 is 22.6 Å². The molecule has 3 N–H and O–H groups in total. The van der Waals surface area contributed by atoms with E-state index in [4.69, 9.17) is 15.2 Å². The Labute approximate surface area is 196 Å². The van der Waals surface area contributed by atoms with E-state index in [0.717, 1.165) is 41.7 Å². The topological polar surface area (TPSA) is 85.5 Å². The van der Waals surface area contributed by atoms with Gasteiger partial charge in [0.05, 0.1) is 37.4 Å². The van der Waals surface area contributed by atoms with E-state index in [1.54, 1.807) is 21.0 Å². The van der Waals surface area contributed by atoms with Gasteiger partial charge >= 0.3 is 6.18 Å². The van der Waals surface area contributed by atoms with E-state index in [0.29, 0.717) is 42.7 Å². The number of fused-ring (bicyclic) bond motifs is 1. The number of nitrogens with two attached hydrogens (primary N) is 1. The second-order valence-corrected chi connectivity index (χ2v) is 8.44. The number of nitrogens with zero attached hydrogens (tertiary/aromatic N) is 3. The molecule has 7 nitrogen and oxygen atoms in total. The van der Waals surface area contributed by atoms with Gasteiger partial charge in [0.2, 0.25) is 0 Å². The lowest BCUT2D eigenvalue weighted by Crippen LogP contribution is -2.35. The first-order valence-corrected chi connectivity index (χ1v) is 11.0. The minimum atomic E-state index is -4.48. The Morgan fingerprint density at radius 1 is 1.15 bits per heavy atom. The minimum Gasteiger partial charge on any atom is -0.496 e. The quantitative estimate of drug-likeness (QED) is 0.506. The van der Waals surface area contributed by atoms with E-state index in [2.05, 4.69) is 20.2 Å². The lowest BCUT2D eigenvalue weighted by Gasteiger charge is -2.27. The zero-order valence-electron chi connectivity index (χ0n) is 19.4. The Morgan fingerprint density at radius 3 is 2.56 bits per heavy atom. The first-order chi connectivity index (χ1) is 16.1. The second-order valence-electron chi connectivity index (χ2n) is 8.44. The molecule has 1 aromatic heterocycles. The Kier molecular flexibility index (Phi) is 6.81. The number of ether oxygens (including phenoxy) is 2. The third kappa shape index (κ3) is 5.34. The van der Waals surface area contributed by atoms with Crippen molar-refractivity contribution >= 4 is 22.4 Å². The largest absolute Gasteiger partial charge is 0.496 e. The highest BCUT2D eigenvalue weighted by atomic mass is 19.4. The number of nitrogen functional groups attached to an aromatic ring is 1. The monoisotopic (exact) mass is 475 g/mol. The van der Waals surface area contributed by atoms with Crippen molar-refractivity contribution in [3.63, 3.8) is 0 Å². The van der Waals surface area contributed by atoms with Gasteiger partial charge in [0.15, 0.2) is 0 Å². The van der Waals surface area contributed by atoms with E-state index < -0.39 is 17.8 Å². The molecule has 34 heavy (non-hydrogen) atoms. The number of methoxy groups -OCH3 is 1. The fourth-order valence-electron chi connectivity index (χ4n) is 4.12. The van der Waals surface area contributed by atoms with Gasteiger partial charge in [-0.3, -0.25) is 4.90 Å². The molecule has 2 heterocycles. The van der Waals surface area contributed by atoms with Crippen molar-refractivity contribution in [1.29, 1.82) is 0 Å². The van der Waals surface area contributed by atoms with Gasteiger partial charge in [-0.25, -0.2) is 9.97 Å². The maximum Gasteiger partial charge on any atom is 0.416 e. The molecule has 1 atom stereocenters. The van der Waals surface area contributed by atoms with Crippen LogP contribution >= 0.6 is 0 Å². The lowest BCUT2D eigenvalue weighted by atomic mass is 10.0. The van der Waals surface area contributed by atoms with Crippen LogP contribution in [0, 0.1) is 6.92 Å². The van der Waals surface area contributed by atoms with Gasteiger partial charge in [-0.15, -0.1) is 0 Å². The molecule has 1 fully saturated rings. The SMILES string of the molecule is COc1cc2c(N[C@H](C)c3cc(N)cc(C(F)(F)F)c3)nc(C)nc2cc1CN1CCOCC1. The van der Waals surface area contributed by atoms with Crippen LogP contribution < -0.4 is 15.8 Å². The summed E-state index contributed by atoms with van der Waals surface area (Å²) < 4.78 is 50.9. The second kappa shape index (κ2) is 9.63. The third-order valence-corrected chi connectivity index (χ3v) is 5.87. The number of morpholine rings is 1. The molecule has 0 saturated carbocycles. The van der Waals surface area contributed by atoms with Crippen molar-refractivity contribution in [2.45, 2.75) is 32.6 Å².